The quantitative estimate of drug-likeness (QED) is 0.712. The van der Waals surface area contributed by atoms with E-state index in [1.807, 2.05) is 6.07 Å². The number of nitrogens with one attached hydrogen (secondary N) is 2. The largest absolute Gasteiger partial charge is 0.416 e. The van der Waals surface area contributed by atoms with Crippen molar-refractivity contribution in [1.82, 2.24) is 15.3 Å². The summed E-state index contributed by atoms with van der Waals surface area (Å²) < 4.78 is 38.0. The van der Waals surface area contributed by atoms with Crippen LogP contribution in [0.2, 0.25) is 0 Å². The predicted molar refractivity (Wildman–Crippen MR) is 97.6 cm³/mol. The lowest BCUT2D eigenvalue weighted by Crippen LogP contribution is -2.29. The highest BCUT2D eigenvalue weighted by Crippen LogP contribution is 2.29. The molecule has 3 rings (SSSR count). The van der Waals surface area contributed by atoms with E-state index < -0.39 is 29.2 Å². The van der Waals surface area contributed by atoms with Crippen LogP contribution in [0.5, 0.6) is 0 Å². The minimum absolute atomic E-state index is 0.0821. The van der Waals surface area contributed by atoms with Crippen molar-refractivity contribution in [2.45, 2.75) is 19.1 Å². The van der Waals surface area contributed by atoms with Crippen LogP contribution < -0.4 is 10.9 Å². The number of H-pyrrole nitrogens is 1. The van der Waals surface area contributed by atoms with Gasteiger partial charge in [-0.05, 0) is 24.6 Å². The van der Waals surface area contributed by atoms with Gasteiger partial charge >= 0.3 is 6.18 Å². The van der Waals surface area contributed by atoms with Gasteiger partial charge in [-0.1, -0.05) is 42.5 Å². The molecule has 0 unspecified atom stereocenters. The molecule has 8 heteroatoms. The second kappa shape index (κ2) is 7.67. The Kier molecular flexibility index (Phi) is 5.30. The van der Waals surface area contributed by atoms with Gasteiger partial charge in [0.05, 0.1) is 11.6 Å². The third kappa shape index (κ3) is 4.46. The normalized spacial score (nSPS) is 12.4. The molecule has 0 spiro atoms. The fourth-order valence-electron chi connectivity index (χ4n) is 2.62. The summed E-state index contributed by atoms with van der Waals surface area (Å²) in [6.07, 6.45) is -4.42. The molecule has 5 nitrogen and oxygen atoms in total. The van der Waals surface area contributed by atoms with Crippen molar-refractivity contribution in [2.75, 3.05) is 0 Å². The first-order valence-electron chi connectivity index (χ1n) is 8.39. The van der Waals surface area contributed by atoms with Crippen molar-refractivity contribution < 1.29 is 18.0 Å². The minimum atomic E-state index is -4.42. The molecule has 0 fully saturated rings. The molecule has 1 aromatic heterocycles. The summed E-state index contributed by atoms with van der Waals surface area (Å²) in [6, 6.07) is 13.8. The van der Waals surface area contributed by atoms with Crippen LogP contribution in [0.15, 0.2) is 65.5 Å². The molecule has 0 bridgehead atoms. The number of aromatic amines is 1. The number of hydrogen-bond donors (Lipinski definition) is 2. The topological polar surface area (TPSA) is 74.8 Å². The van der Waals surface area contributed by atoms with E-state index in [4.69, 9.17) is 0 Å². The van der Waals surface area contributed by atoms with Gasteiger partial charge in [-0.2, -0.15) is 13.2 Å². The zero-order chi connectivity index (χ0) is 20.3. The van der Waals surface area contributed by atoms with E-state index in [2.05, 4.69) is 15.3 Å². The molecule has 0 radical (unpaired) electrons. The molecule has 0 aliphatic heterocycles. The number of hydrogen-bond acceptors (Lipinski definition) is 3. The lowest BCUT2D eigenvalue weighted by atomic mass is 10.1. The van der Waals surface area contributed by atoms with Gasteiger partial charge in [0.15, 0.2) is 0 Å². The smallest absolute Gasteiger partial charge is 0.344 e. The lowest BCUT2D eigenvalue weighted by molar-refractivity contribution is -0.137. The molecule has 0 aliphatic carbocycles. The number of halogens is 3. The molecule has 0 saturated heterocycles. The lowest BCUT2D eigenvalue weighted by Gasteiger charge is -2.15. The Bertz CT molecular complexity index is 1030. The van der Waals surface area contributed by atoms with Crippen LogP contribution in [0.4, 0.5) is 13.2 Å². The number of carbonyl (C=O) groups excluding carboxylic acids is 1. The molecular formula is C20H16F3N3O2. The molecule has 28 heavy (non-hydrogen) atoms. The van der Waals surface area contributed by atoms with Crippen molar-refractivity contribution in [3.05, 3.63) is 87.8 Å². The second-order valence-corrected chi connectivity index (χ2v) is 6.16. The van der Waals surface area contributed by atoms with E-state index in [1.165, 1.54) is 12.1 Å². The van der Waals surface area contributed by atoms with E-state index in [9.17, 15) is 22.8 Å². The number of alkyl halides is 3. The van der Waals surface area contributed by atoms with E-state index in [0.29, 0.717) is 11.1 Å². The number of amides is 1. The van der Waals surface area contributed by atoms with Crippen LogP contribution in [0.25, 0.3) is 11.4 Å². The van der Waals surface area contributed by atoms with Gasteiger partial charge in [0.25, 0.3) is 11.5 Å². The highest BCUT2D eigenvalue weighted by molar-refractivity contribution is 5.92. The van der Waals surface area contributed by atoms with Crippen molar-refractivity contribution >= 4 is 5.91 Å². The summed E-state index contributed by atoms with van der Waals surface area (Å²) >= 11 is 0. The molecule has 1 atom stereocenters. The first-order valence-corrected chi connectivity index (χ1v) is 8.39. The summed E-state index contributed by atoms with van der Waals surface area (Å²) in [5.41, 5.74) is -0.194. The minimum Gasteiger partial charge on any atom is -0.344 e. The number of rotatable bonds is 4. The van der Waals surface area contributed by atoms with Crippen molar-refractivity contribution in [2.24, 2.45) is 0 Å². The summed E-state index contributed by atoms with van der Waals surface area (Å²) in [7, 11) is 0. The van der Waals surface area contributed by atoms with Gasteiger partial charge in [0, 0.05) is 11.6 Å². The van der Waals surface area contributed by atoms with Gasteiger partial charge in [-0.3, -0.25) is 9.59 Å². The summed E-state index contributed by atoms with van der Waals surface area (Å²) in [5.74, 6) is -0.351. The zero-order valence-corrected chi connectivity index (χ0v) is 14.7. The number of nitrogens with zero attached hydrogens (tertiary/aromatic N) is 1. The van der Waals surface area contributed by atoms with E-state index in [0.717, 1.165) is 18.2 Å². The van der Waals surface area contributed by atoms with E-state index in [1.54, 1.807) is 31.2 Å². The molecule has 0 saturated carbocycles. The highest BCUT2D eigenvalue weighted by Gasteiger charge is 2.30. The molecule has 2 N–H and O–H groups in total. The summed E-state index contributed by atoms with van der Waals surface area (Å²) in [6.45, 7) is 1.63. The first kappa shape index (κ1) is 19.3. The average molecular weight is 387 g/mol. The maximum absolute atomic E-state index is 12.7. The number of benzene rings is 2. The third-order valence-corrected chi connectivity index (χ3v) is 4.11. The average Bonchev–Trinajstić information content (AvgIpc) is 2.67. The third-order valence-electron chi connectivity index (χ3n) is 4.11. The second-order valence-electron chi connectivity index (χ2n) is 6.16. The Balaban J connectivity index is 1.79. The van der Waals surface area contributed by atoms with Crippen LogP contribution in [-0.4, -0.2) is 15.9 Å². The highest BCUT2D eigenvalue weighted by atomic mass is 19.4. The molecule has 3 aromatic rings. The first-order chi connectivity index (χ1) is 13.2. The standard InChI is InChI=1S/C20H16F3N3O2/c1-12(13-7-9-15(10-8-13)20(21,22)23)24-19(28)16-11-17(27)26-18(25-16)14-5-3-2-4-6-14/h2-12H,1H3,(H,24,28)(H,25,26,27)/t12-/m1/s1. The van der Waals surface area contributed by atoms with Gasteiger partial charge in [0.1, 0.15) is 11.5 Å². The monoisotopic (exact) mass is 387 g/mol. The Morgan fingerprint density at radius 1 is 1.07 bits per heavy atom. The van der Waals surface area contributed by atoms with Crippen LogP contribution in [0.1, 0.15) is 34.6 Å². The maximum Gasteiger partial charge on any atom is 0.416 e. The molecule has 1 heterocycles. The van der Waals surface area contributed by atoms with Crippen LogP contribution in [0, 0.1) is 0 Å². The van der Waals surface area contributed by atoms with E-state index >= 15 is 0 Å². The maximum atomic E-state index is 12.7. The predicted octanol–water partition coefficient (Wildman–Crippen LogP) is 3.95. The molecule has 1 amide bonds. The van der Waals surface area contributed by atoms with Crippen molar-refractivity contribution in [3.8, 4) is 11.4 Å². The summed E-state index contributed by atoms with van der Waals surface area (Å²) in [5, 5.41) is 2.64. The van der Waals surface area contributed by atoms with Crippen LogP contribution in [-0.2, 0) is 6.18 Å². The Morgan fingerprint density at radius 2 is 1.71 bits per heavy atom. The van der Waals surface area contributed by atoms with Crippen LogP contribution in [0.3, 0.4) is 0 Å². The van der Waals surface area contributed by atoms with Gasteiger partial charge in [-0.15, -0.1) is 0 Å². The zero-order valence-electron chi connectivity index (χ0n) is 14.7. The SMILES string of the molecule is C[C@@H](NC(=O)c1cc(=O)[nH]c(-c2ccccc2)n1)c1ccc(C(F)(F)F)cc1. The number of aromatic nitrogens is 2. The Morgan fingerprint density at radius 3 is 2.32 bits per heavy atom. The molecule has 2 aromatic carbocycles. The fraction of sp³-hybridized carbons (Fsp3) is 0.150. The summed E-state index contributed by atoms with van der Waals surface area (Å²) in [4.78, 5) is 31.1. The van der Waals surface area contributed by atoms with E-state index in [-0.39, 0.29) is 11.5 Å². The molecule has 0 aliphatic rings. The number of carbonyl (C=O) groups is 1. The Labute approximate surface area is 158 Å². The van der Waals surface area contributed by atoms with Gasteiger partial charge in [-0.25, -0.2) is 4.98 Å². The van der Waals surface area contributed by atoms with Gasteiger partial charge in [0.2, 0.25) is 0 Å². The Hall–Kier alpha value is -3.42. The van der Waals surface area contributed by atoms with Crippen molar-refractivity contribution in [1.29, 1.82) is 0 Å². The fourth-order valence-corrected chi connectivity index (χ4v) is 2.62. The molecule has 144 valence electrons. The molecular weight excluding hydrogens is 371 g/mol. The van der Waals surface area contributed by atoms with Crippen molar-refractivity contribution in [3.63, 3.8) is 0 Å². The van der Waals surface area contributed by atoms with Gasteiger partial charge < -0.3 is 10.3 Å². The van der Waals surface area contributed by atoms with Crippen LogP contribution >= 0.6 is 0 Å².